The molecule has 3 amide bonds. The van der Waals surface area contributed by atoms with Gasteiger partial charge in [-0.2, -0.15) is 0 Å². The maximum Gasteiger partial charge on any atom is 0.414 e. The van der Waals surface area contributed by atoms with Crippen LogP contribution in [-0.2, 0) is 14.3 Å². The number of carbonyl (C=O) groups is 3. The number of phenolic OH excluding ortho intramolecular Hbond substituents is 1. The lowest BCUT2D eigenvalue weighted by Crippen LogP contribution is -2.35. The molecule has 0 saturated carbocycles. The Labute approximate surface area is 183 Å². The molecule has 0 aliphatic heterocycles. The van der Waals surface area contributed by atoms with Gasteiger partial charge in [0.15, 0.2) is 17.7 Å². The van der Waals surface area contributed by atoms with Gasteiger partial charge in [-0.05, 0) is 42.7 Å². The lowest BCUT2D eigenvalue weighted by atomic mass is 10.00. The quantitative estimate of drug-likeness (QED) is 0.264. The number of rotatable bonds is 9. The third kappa shape index (κ3) is 7.18. The minimum absolute atomic E-state index is 0.187. The molecule has 4 N–H and O–H groups in total. The molecule has 0 aromatic heterocycles. The Morgan fingerprint density at radius 2 is 1.88 bits per heavy atom. The van der Waals surface area contributed by atoms with Crippen molar-refractivity contribution in [1.29, 1.82) is 0 Å². The lowest BCUT2D eigenvalue weighted by Gasteiger charge is -2.26. The Morgan fingerprint density at radius 3 is 2.50 bits per heavy atom. The first-order valence-corrected chi connectivity index (χ1v) is 9.54. The SMILES string of the molecule is CO[C@H](CC/C=C/C(=O)NO)[C@H](OC(=O)NC(=O)c1ccccc1)c1ccc(O)c(F)c1. The van der Waals surface area contributed by atoms with Crippen molar-refractivity contribution in [3.05, 3.63) is 77.6 Å². The number of phenols is 1. The van der Waals surface area contributed by atoms with Crippen LogP contribution in [0.15, 0.2) is 60.7 Å². The Morgan fingerprint density at radius 1 is 1.16 bits per heavy atom. The zero-order valence-electron chi connectivity index (χ0n) is 17.2. The van der Waals surface area contributed by atoms with Crippen molar-refractivity contribution in [2.75, 3.05) is 7.11 Å². The van der Waals surface area contributed by atoms with E-state index < -0.39 is 41.7 Å². The molecule has 0 aliphatic carbocycles. The van der Waals surface area contributed by atoms with E-state index in [4.69, 9.17) is 14.7 Å². The number of hydrogen-bond acceptors (Lipinski definition) is 7. The predicted octanol–water partition coefficient (Wildman–Crippen LogP) is 3.00. The van der Waals surface area contributed by atoms with Gasteiger partial charge in [0.2, 0.25) is 0 Å². The molecule has 0 heterocycles. The van der Waals surface area contributed by atoms with Crippen molar-refractivity contribution in [1.82, 2.24) is 10.8 Å². The average molecular weight is 446 g/mol. The van der Waals surface area contributed by atoms with Crippen LogP contribution >= 0.6 is 0 Å². The van der Waals surface area contributed by atoms with Gasteiger partial charge >= 0.3 is 6.09 Å². The molecular weight excluding hydrogens is 423 g/mol. The smallest absolute Gasteiger partial charge is 0.414 e. The van der Waals surface area contributed by atoms with Gasteiger partial charge in [-0.1, -0.05) is 30.3 Å². The fourth-order valence-corrected chi connectivity index (χ4v) is 2.84. The molecule has 0 spiro atoms. The van der Waals surface area contributed by atoms with E-state index in [9.17, 15) is 23.9 Å². The van der Waals surface area contributed by atoms with E-state index in [0.29, 0.717) is 0 Å². The number of benzene rings is 2. The maximum absolute atomic E-state index is 13.9. The topological polar surface area (TPSA) is 134 Å². The Balaban J connectivity index is 2.18. The highest BCUT2D eigenvalue weighted by molar-refractivity contribution is 6.02. The number of allylic oxidation sites excluding steroid dienone is 1. The van der Waals surface area contributed by atoms with Crippen molar-refractivity contribution in [3.8, 4) is 5.75 Å². The second-order valence-electron chi connectivity index (χ2n) is 6.59. The number of methoxy groups -OCH3 is 1. The largest absolute Gasteiger partial charge is 0.505 e. The summed E-state index contributed by atoms with van der Waals surface area (Å²) in [5.41, 5.74) is 1.88. The molecule has 0 aliphatic rings. The highest BCUT2D eigenvalue weighted by Crippen LogP contribution is 2.29. The van der Waals surface area contributed by atoms with E-state index in [-0.39, 0.29) is 24.0 Å². The van der Waals surface area contributed by atoms with Crippen molar-refractivity contribution >= 4 is 17.9 Å². The summed E-state index contributed by atoms with van der Waals surface area (Å²) in [4.78, 5) is 35.7. The molecule has 10 heteroatoms. The van der Waals surface area contributed by atoms with Crippen LogP contribution in [0.4, 0.5) is 9.18 Å². The van der Waals surface area contributed by atoms with Crippen LogP contribution < -0.4 is 10.8 Å². The number of alkyl carbamates (subject to hydrolysis) is 1. The molecule has 9 nitrogen and oxygen atoms in total. The number of hydrogen-bond donors (Lipinski definition) is 4. The third-order valence-electron chi connectivity index (χ3n) is 4.42. The van der Waals surface area contributed by atoms with E-state index in [1.54, 1.807) is 18.2 Å². The standard InChI is InChI=1S/C22H23FN2O7/c1-31-18(9-5-6-10-19(27)25-30)20(15-11-12-17(26)16(23)13-15)32-22(29)24-21(28)14-7-3-2-4-8-14/h2-4,6-8,10-13,18,20,26,30H,5,9H2,1H3,(H,25,27)(H,24,28,29)/b10-6+/t18-,20-/m1/s1. The molecule has 2 aromatic rings. The Kier molecular flexibility index (Phi) is 9.33. The molecule has 0 radical (unpaired) electrons. The Hall–Kier alpha value is -3.76. The number of carbonyl (C=O) groups excluding carboxylic acids is 3. The summed E-state index contributed by atoms with van der Waals surface area (Å²) in [6, 6.07) is 11.5. The normalized spacial score (nSPS) is 12.7. The zero-order chi connectivity index (χ0) is 23.5. The number of aromatic hydroxyl groups is 1. The summed E-state index contributed by atoms with van der Waals surface area (Å²) >= 11 is 0. The van der Waals surface area contributed by atoms with Gasteiger partial charge in [0.1, 0.15) is 0 Å². The highest BCUT2D eigenvalue weighted by Gasteiger charge is 2.28. The number of halogens is 1. The number of nitrogens with one attached hydrogen (secondary N) is 2. The monoisotopic (exact) mass is 446 g/mol. The summed E-state index contributed by atoms with van der Waals surface area (Å²) in [7, 11) is 1.36. The number of amides is 3. The van der Waals surface area contributed by atoms with Crippen LogP contribution in [0.5, 0.6) is 5.75 Å². The first-order valence-electron chi connectivity index (χ1n) is 9.54. The molecule has 2 aromatic carbocycles. The van der Waals surface area contributed by atoms with Crippen LogP contribution in [0.2, 0.25) is 0 Å². The minimum Gasteiger partial charge on any atom is -0.505 e. The van der Waals surface area contributed by atoms with Gasteiger partial charge in [-0.3, -0.25) is 20.1 Å². The zero-order valence-corrected chi connectivity index (χ0v) is 17.2. The first kappa shape index (κ1) is 24.5. The third-order valence-corrected chi connectivity index (χ3v) is 4.42. The summed E-state index contributed by atoms with van der Waals surface area (Å²) in [5, 5.41) is 20.1. The fourth-order valence-electron chi connectivity index (χ4n) is 2.84. The van der Waals surface area contributed by atoms with Crippen LogP contribution in [-0.4, -0.2) is 41.4 Å². The van der Waals surface area contributed by atoms with Crippen molar-refractivity contribution in [2.45, 2.75) is 25.0 Å². The number of hydroxylamine groups is 1. The van der Waals surface area contributed by atoms with E-state index in [2.05, 4.69) is 5.32 Å². The molecule has 32 heavy (non-hydrogen) atoms. The van der Waals surface area contributed by atoms with Gasteiger partial charge in [0.25, 0.3) is 11.8 Å². The van der Waals surface area contributed by atoms with E-state index in [1.807, 2.05) is 0 Å². The second-order valence-corrected chi connectivity index (χ2v) is 6.59. The molecule has 170 valence electrons. The van der Waals surface area contributed by atoms with Crippen LogP contribution in [0.3, 0.4) is 0 Å². The summed E-state index contributed by atoms with van der Waals surface area (Å²) in [6.45, 7) is 0. The minimum atomic E-state index is -1.14. The first-order chi connectivity index (χ1) is 15.3. The molecule has 2 rings (SSSR count). The molecule has 2 atom stereocenters. The Bertz CT molecular complexity index is 966. The van der Waals surface area contributed by atoms with Gasteiger partial charge in [0, 0.05) is 18.7 Å². The molecule has 0 unspecified atom stereocenters. The van der Waals surface area contributed by atoms with Gasteiger partial charge in [-0.25, -0.2) is 14.7 Å². The molecular formula is C22H23FN2O7. The summed E-state index contributed by atoms with van der Waals surface area (Å²) in [6.07, 6.45) is 0.0843. The number of imide groups is 1. The van der Waals surface area contributed by atoms with Crippen molar-refractivity contribution in [3.63, 3.8) is 0 Å². The van der Waals surface area contributed by atoms with Crippen LogP contribution in [0.1, 0.15) is 34.9 Å². The summed E-state index contributed by atoms with van der Waals surface area (Å²) in [5.74, 6) is -2.90. The number of ether oxygens (including phenoxy) is 2. The lowest BCUT2D eigenvalue weighted by molar-refractivity contribution is -0.124. The van der Waals surface area contributed by atoms with Gasteiger partial charge in [-0.15, -0.1) is 0 Å². The average Bonchev–Trinajstić information content (AvgIpc) is 2.80. The van der Waals surface area contributed by atoms with Crippen LogP contribution in [0, 0.1) is 5.82 Å². The predicted molar refractivity (Wildman–Crippen MR) is 110 cm³/mol. The molecule has 0 bridgehead atoms. The molecule has 0 fully saturated rings. The molecule has 0 saturated heterocycles. The summed E-state index contributed by atoms with van der Waals surface area (Å²) < 4.78 is 24.7. The van der Waals surface area contributed by atoms with Crippen molar-refractivity contribution in [2.24, 2.45) is 0 Å². The second kappa shape index (κ2) is 12.2. The van der Waals surface area contributed by atoms with Crippen molar-refractivity contribution < 1.29 is 38.6 Å². The van der Waals surface area contributed by atoms with Crippen LogP contribution in [0.25, 0.3) is 0 Å². The van der Waals surface area contributed by atoms with E-state index >= 15 is 0 Å². The van der Waals surface area contributed by atoms with E-state index in [1.165, 1.54) is 36.9 Å². The maximum atomic E-state index is 13.9. The fraction of sp³-hybridized carbons (Fsp3) is 0.227. The van der Waals surface area contributed by atoms with Gasteiger partial charge < -0.3 is 14.6 Å². The van der Waals surface area contributed by atoms with E-state index in [0.717, 1.165) is 18.2 Å². The van der Waals surface area contributed by atoms with Gasteiger partial charge in [0.05, 0.1) is 6.10 Å². The highest BCUT2D eigenvalue weighted by atomic mass is 19.1.